The maximum atomic E-state index is 12.2. The van der Waals surface area contributed by atoms with E-state index in [-0.39, 0.29) is 11.7 Å². The Morgan fingerprint density at radius 2 is 2.12 bits per heavy atom. The van der Waals surface area contributed by atoms with Crippen LogP contribution in [0.15, 0.2) is 33.9 Å². The lowest BCUT2D eigenvalue weighted by Gasteiger charge is -2.09. The third kappa shape index (κ3) is 4.50. The summed E-state index contributed by atoms with van der Waals surface area (Å²) in [7, 11) is 0. The second kappa shape index (κ2) is 8.01. The van der Waals surface area contributed by atoms with E-state index < -0.39 is 0 Å². The normalized spacial score (nSPS) is 11.1. The average Bonchev–Trinajstić information content (AvgIpc) is 3.19. The summed E-state index contributed by atoms with van der Waals surface area (Å²) < 4.78 is 5.65. The number of carbonyl (C=O) groups excluding carboxylic acids is 1. The lowest BCUT2D eigenvalue weighted by atomic mass is 10.0. The zero-order valence-corrected chi connectivity index (χ0v) is 16.7. The van der Waals surface area contributed by atoms with Gasteiger partial charge in [0.05, 0.1) is 16.5 Å². The van der Waals surface area contributed by atoms with Crippen molar-refractivity contribution in [2.45, 2.75) is 38.8 Å². The van der Waals surface area contributed by atoms with Crippen LogP contribution in [-0.4, -0.2) is 26.8 Å². The minimum atomic E-state index is -0.111. The number of hydrogen-bond donors (Lipinski definition) is 1. The second-order valence-corrected chi connectivity index (χ2v) is 8.27. The number of aromatic nitrogens is 3. The zero-order valence-electron chi connectivity index (χ0n) is 15.1. The SMILES string of the molecule is Cc1nc(C)c(-c2nnc(SCC(=O)Nc3cccc(C(C)C)c3)o2)s1. The summed E-state index contributed by atoms with van der Waals surface area (Å²) in [6.45, 7) is 8.09. The van der Waals surface area contributed by atoms with E-state index in [0.717, 1.165) is 21.3 Å². The molecule has 0 fully saturated rings. The lowest BCUT2D eigenvalue weighted by Crippen LogP contribution is -2.14. The van der Waals surface area contributed by atoms with E-state index >= 15 is 0 Å². The van der Waals surface area contributed by atoms with E-state index in [9.17, 15) is 4.79 Å². The number of rotatable bonds is 6. The van der Waals surface area contributed by atoms with Gasteiger partial charge in [0, 0.05) is 5.69 Å². The third-order valence-corrected chi connectivity index (χ3v) is 5.55. The Hall–Kier alpha value is -2.19. The Morgan fingerprint density at radius 1 is 1.31 bits per heavy atom. The van der Waals surface area contributed by atoms with Gasteiger partial charge in [-0.1, -0.05) is 37.7 Å². The van der Waals surface area contributed by atoms with Crippen molar-refractivity contribution in [3.05, 3.63) is 40.5 Å². The minimum absolute atomic E-state index is 0.111. The molecule has 0 aliphatic carbocycles. The molecule has 136 valence electrons. The van der Waals surface area contributed by atoms with Gasteiger partial charge < -0.3 is 9.73 Å². The maximum absolute atomic E-state index is 12.2. The van der Waals surface area contributed by atoms with Crippen molar-refractivity contribution in [1.29, 1.82) is 0 Å². The van der Waals surface area contributed by atoms with Crippen LogP contribution in [0, 0.1) is 13.8 Å². The van der Waals surface area contributed by atoms with Gasteiger partial charge in [0.2, 0.25) is 5.91 Å². The monoisotopic (exact) mass is 388 g/mol. The molecule has 0 spiro atoms. The molecule has 0 aliphatic rings. The van der Waals surface area contributed by atoms with Crippen molar-refractivity contribution in [2.75, 3.05) is 11.1 Å². The first-order chi connectivity index (χ1) is 12.4. The topological polar surface area (TPSA) is 80.9 Å². The van der Waals surface area contributed by atoms with Gasteiger partial charge in [0.25, 0.3) is 11.1 Å². The molecule has 2 heterocycles. The fourth-order valence-electron chi connectivity index (χ4n) is 2.39. The van der Waals surface area contributed by atoms with Crippen LogP contribution >= 0.6 is 23.1 Å². The largest absolute Gasteiger partial charge is 0.410 e. The number of nitrogens with one attached hydrogen (secondary N) is 1. The molecular weight excluding hydrogens is 368 g/mol. The molecule has 0 saturated carbocycles. The molecule has 0 aliphatic heterocycles. The molecule has 1 amide bonds. The van der Waals surface area contributed by atoms with Crippen molar-refractivity contribution < 1.29 is 9.21 Å². The lowest BCUT2D eigenvalue weighted by molar-refractivity contribution is -0.113. The molecule has 0 radical (unpaired) electrons. The van der Waals surface area contributed by atoms with Gasteiger partial charge in [0.1, 0.15) is 4.88 Å². The van der Waals surface area contributed by atoms with Gasteiger partial charge in [-0.25, -0.2) is 4.98 Å². The second-order valence-electron chi connectivity index (χ2n) is 6.14. The summed E-state index contributed by atoms with van der Waals surface area (Å²) in [4.78, 5) is 17.4. The third-order valence-electron chi connectivity index (χ3n) is 3.67. The summed E-state index contributed by atoms with van der Waals surface area (Å²) in [6.07, 6.45) is 0. The standard InChI is InChI=1S/C18H20N4O2S2/c1-10(2)13-6-5-7-14(8-13)20-15(23)9-25-18-22-21-17(24-18)16-11(3)19-12(4)26-16/h5-8,10H,9H2,1-4H3,(H,20,23). The quantitative estimate of drug-likeness (QED) is 0.618. The Morgan fingerprint density at radius 3 is 2.81 bits per heavy atom. The first kappa shape index (κ1) is 18.6. The Balaban J connectivity index is 1.58. The molecular formula is C18H20N4O2S2. The highest BCUT2D eigenvalue weighted by Crippen LogP contribution is 2.30. The van der Waals surface area contributed by atoms with E-state index in [0.29, 0.717) is 17.0 Å². The van der Waals surface area contributed by atoms with Crippen LogP contribution in [0.4, 0.5) is 5.69 Å². The van der Waals surface area contributed by atoms with Gasteiger partial charge in [-0.2, -0.15) is 0 Å². The number of thioether (sulfide) groups is 1. The minimum Gasteiger partial charge on any atom is -0.410 e. The molecule has 3 rings (SSSR count). The molecule has 6 nitrogen and oxygen atoms in total. The Labute approximate surface area is 160 Å². The van der Waals surface area contributed by atoms with E-state index in [4.69, 9.17) is 4.42 Å². The van der Waals surface area contributed by atoms with Gasteiger partial charge in [-0.3, -0.25) is 4.79 Å². The van der Waals surface area contributed by atoms with Crippen molar-refractivity contribution in [1.82, 2.24) is 15.2 Å². The van der Waals surface area contributed by atoms with Gasteiger partial charge >= 0.3 is 0 Å². The van der Waals surface area contributed by atoms with E-state index in [1.165, 1.54) is 28.7 Å². The summed E-state index contributed by atoms with van der Waals surface area (Å²) in [6, 6.07) is 7.88. The molecule has 0 bridgehead atoms. The highest BCUT2D eigenvalue weighted by molar-refractivity contribution is 7.99. The summed E-state index contributed by atoms with van der Waals surface area (Å²) in [5.41, 5.74) is 2.85. The number of nitrogens with zero attached hydrogens (tertiary/aromatic N) is 3. The van der Waals surface area contributed by atoms with Crippen LogP contribution in [0.25, 0.3) is 10.8 Å². The highest BCUT2D eigenvalue weighted by atomic mass is 32.2. The van der Waals surface area contributed by atoms with Crippen molar-refractivity contribution >= 4 is 34.7 Å². The summed E-state index contributed by atoms with van der Waals surface area (Å²) in [5.74, 6) is 0.951. The van der Waals surface area contributed by atoms with Crippen LogP contribution in [0.2, 0.25) is 0 Å². The number of hydrogen-bond acceptors (Lipinski definition) is 7. The van der Waals surface area contributed by atoms with E-state index in [2.05, 4.69) is 40.4 Å². The van der Waals surface area contributed by atoms with Crippen LogP contribution in [0.3, 0.4) is 0 Å². The zero-order chi connectivity index (χ0) is 18.7. The summed E-state index contributed by atoms with van der Waals surface area (Å²) in [5, 5.41) is 12.3. The maximum Gasteiger partial charge on any atom is 0.277 e. The fourth-order valence-corrected chi connectivity index (χ4v) is 3.79. The summed E-state index contributed by atoms with van der Waals surface area (Å²) >= 11 is 2.73. The first-order valence-electron chi connectivity index (χ1n) is 8.23. The number of benzene rings is 1. The smallest absolute Gasteiger partial charge is 0.277 e. The predicted molar refractivity (Wildman–Crippen MR) is 105 cm³/mol. The number of amides is 1. The predicted octanol–water partition coefficient (Wildman–Crippen LogP) is 4.66. The number of aryl methyl sites for hydroxylation is 2. The van der Waals surface area contributed by atoms with Gasteiger partial charge in [0.15, 0.2) is 0 Å². The highest BCUT2D eigenvalue weighted by Gasteiger charge is 2.16. The molecule has 0 atom stereocenters. The average molecular weight is 389 g/mol. The fraction of sp³-hybridized carbons (Fsp3) is 0.333. The number of thiazole rings is 1. The molecule has 8 heteroatoms. The van der Waals surface area contributed by atoms with Crippen molar-refractivity contribution in [2.24, 2.45) is 0 Å². The molecule has 0 saturated heterocycles. The molecule has 3 aromatic rings. The van der Waals surface area contributed by atoms with Crippen LogP contribution in [-0.2, 0) is 4.79 Å². The molecule has 1 N–H and O–H groups in total. The number of anilines is 1. The van der Waals surface area contributed by atoms with E-state index in [1.807, 2.05) is 32.0 Å². The van der Waals surface area contributed by atoms with Crippen molar-refractivity contribution in [3.63, 3.8) is 0 Å². The molecule has 1 aromatic carbocycles. The van der Waals surface area contributed by atoms with E-state index in [1.54, 1.807) is 0 Å². The van der Waals surface area contributed by atoms with Gasteiger partial charge in [-0.15, -0.1) is 21.5 Å². The Bertz CT molecular complexity index is 918. The van der Waals surface area contributed by atoms with Gasteiger partial charge in [-0.05, 0) is 37.5 Å². The molecule has 2 aromatic heterocycles. The van der Waals surface area contributed by atoms with Crippen LogP contribution < -0.4 is 5.32 Å². The molecule has 0 unspecified atom stereocenters. The molecule has 26 heavy (non-hydrogen) atoms. The number of carbonyl (C=O) groups is 1. The van der Waals surface area contributed by atoms with Crippen LogP contribution in [0.5, 0.6) is 0 Å². The van der Waals surface area contributed by atoms with Crippen LogP contribution in [0.1, 0.15) is 36.0 Å². The Kier molecular flexibility index (Phi) is 5.73. The van der Waals surface area contributed by atoms with Crippen molar-refractivity contribution in [3.8, 4) is 10.8 Å². The first-order valence-corrected chi connectivity index (χ1v) is 10.0.